The molecule has 2 rings (SSSR count). The lowest BCUT2D eigenvalue weighted by Gasteiger charge is -1.99. The largest absolute Gasteiger partial charge is 0.478 e. The van der Waals surface area contributed by atoms with Crippen LogP contribution in [0.25, 0.3) is 11.3 Å². The van der Waals surface area contributed by atoms with E-state index in [-0.39, 0.29) is 11.3 Å². The number of aromatic nitrogens is 2. The highest BCUT2D eigenvalue weighted by atomic mass is 32.1. The first-order valence-corrected chi connectivity index (χ1v) is 5.02. The summed E-state index contributed by atoms with van der Waals surface area (Å²) in [4.78, 5) is 11.8. The molecule has 1 aromatic heterocycles. The second-order valence-corrected chi connectivity index (χ2v) is 3.35. The molecular formula is C10H8N2O2S. The average molecular weight is 220 g/mol. The van der Waals surface area contributed by atoms with E-state index in [1.54, 1.807) is 0 Å². The predicted octanol–water partition coefficient (Wildman–Crippen LogP) is 1.57. The Labute approximate surface area is 90.5 Å². The van der Waals surface area contributed by atoms with Crippen LogP contribution in [0.1, 0.15) is 0 Å². The van der Waals surface area contributed by atoms with Gasteiger partial charge >= 0.3 is 0 Å². The van der Waals surface area contributed by atoms with Crippen molar-refractivity contribution in [1.82, 2.24) is 8.75 Å². The molecule has 0 saturated carbocycles. The van der Waals surface area contributed by atoms with E-state index in [0.717, 1.165) is 17.3 Å². The van der Waals surface area contributed by atoms with Gasteiger partial charge in [-0.3, -0.25) is 4.79 Å². The summed E-state index contributed by atoms with van der Waals surface area (Å²) >= 11 is 0.964. The summed E-state index contributed by atoms with van der Waals surface area (Å²) < 4.78 is 12.6. The third-order valence-electron chi connectivity index (χ3n) is 1.91. The third kappa shape index (κ3) is 1.87. The number of rotatable bonds is 2. The van der Waals surface area contributed by atoms with Gasteiger partial charge in [0.2, 0.25) is 0 Å². The summed E-state index contributed by atoms with van der Waals surface area (Å²) in [6, 6.07) is 9.25. The molecule has 4 nitrogen and oxygen atoms in total. The van der Waals surface area contributed by atoms with Crippen LogP contribution in [-0.4, -0.2) is 15.9 Å². The van der Waals surface area contributed by atoms with Crippen molar-refractivity contribution in [3.05, 3.63) is 40.6 Å². The van der Waals surface area contributed by atoms with E-state index in [9.17, 15) is 4.79 Å². The van der Waals surface area contributed by atoms with E-state index < -0.39 is 0 Å². The van der Waals surface area contributed by atoms with Crippen LogP contribution >= 0.6 is 11.7 Å². The number of hydrogen-bond donors (Lipinski definition) is 0. The van der Waals surface area contributed by atoms with Crippen molar-refractivity contribution in [2.45, 2.75) is 0 Å². The number of benzene rings is 1. The highest BCUT2D eigenvalue weighted by Gasteiger charge is 2.10. The summed E-state index contributed by atoms with van der Waals surface area (Å²) in [5.41, 5.74) is 0.884. The van der Waals surface area contributed by atoms with Gasteiger partial charge in [-0.05, 0) is 0 Å². The fourth-order valence-corrected chi connectivity index (χ4v) is 1.73. The van der Waals surface area contributed by atoms with Crippen molar-refractivity contribution in [3.63, 3.8) is 0 Å². The van der Waals surface area contributed by atoms with E-state index in [4.69, 9.17) is 4.74 Å². The smallest absolute Gasteiger partial charge is 0.276 e. The normalized spacial score (nSPS) is 9.93. The zero-order chi connectivity index (χ0) is 10.7. The maximum atomic E-state index is 11.8. The molecule has 0 aliphatic rings. The molecular weight excluding hydrogens is 212 g/mol. The van der Waals surface area contributed by atoms with Gasteiger partial charge in [-0.25, -0.2) is 0 Å². The molecule has 76 valence electrons. The average Bonchev–Trinajstić information content (AvgIpc) is 2.30. The Morgan fingerprint density at radius 1 is 1.20 bits per heavy atom. The fraction of sp³-hybridized carbons (Fsp3) is 0.100. The highest BCUT2D eigenvalue weighted by molar-refractivity contribution is 6.99. The van der Waals surface area contributed by atoms with Crippen molar-refractivity contribution in [1.29, 1.82) is 0 Å². The lowest BCUT2D eigenvalue weighted by molar-refractivity contribution is 0.397. The SMILES string of the molecule is COc1nsnc(-c2ccccc2)c1=O. The van der Waals surface area contributed by atoms with Crippen LogP contribution in [0.4, 0.5) is 0 Å². The Hall–Kier alpha value is -1.75. The Balaban J connectivity index is 2.60. The molecule has 0 saturated heterocycles. The number of nitrogens with zero attached hydrogens (tertiary/aromatic N) is 2. The molecule has 0 unspecified atom stereocenters. The summed E-state index contributed by atoms with van der Waals surface area (Å²) in [5, 5.41) is 0. The van der Waals surface area contributed by atoms with Gasteiger partial charge in [0.05, 0.1) is 18.8 Å². The van der Waals surface area contributed by atoms with Gasteiger partial charge in [0.15, 0.2) is 0 Å². The van der Waals surface area contributed by atoms with Crippen LogP contribution in [0.5, 0.6) is 5.88 Å². The second-order valence-electron chi connectivity index (χ2n) is 2.82. The molecule has 1 aromatic carbocycles. The topological polar surface area (TPSA) is 52.1 Å². The van der Waals surface area contributed by atoms with Crippen LogP contribution in [0.2, 0.25) is 0 Å². The summed E-state index contributed by atoms with van der Waals surface area (Å²) in [7, 11) is 1.42. The molecule has 0 N–H and O–H groups in total. The monoisotopic (exact) mass is 220 g/mol. The summed E-state index contributed by atoms with van der Waals surface area (Å²) in [5.74, 6) is 0.0915. The Kier molecular flexibility index (Phi) is 2.73. The molecule has 1 heterocycles. The van der Waals surface area contributed by atoms with Crippen molar-refractivity contribution >= 4 is 11.7 Å². The zero-order valence-electron chi connectivity index (χ0n) is 8.01. The lowest BCUT2D eigenvalue weighted by atomic mass is 10.1. The van der Waals surface area contributed by atoms with E-state index in [2.05, 4.69) is 8.75 Å². The molecule has 2 aromatic rings. The predicted molar refractivity (Wildman–Crippen MR) is 58.2 cm³/mol. The van der Waals surface area contributed by atoms with Gasteiger partial charge in [-0.1, -0.05) is 30.3 Å². The molecule has 15 heavy (non-hydrogen) atoms. The van der Waals surface area contributed by atoms with Crippen molar-refractivity contribution in [3.8, 4) is 17.1 Å². The van der Waals surface area contributed by atoms with Crippen molar-refractivity contribution in [2.24, 2.45) is 0 Å². The van der Waals surface area contributed by atoms with Crippen molar-refractivity contribution in [2.75, 3.05) is 7.11 Å². The van der Waals surface area contributed by atoms with E-state index >= 15 is 0 Å². The van der Waals surface area contributed by atoms with Gasteiger partial charge in [-0.2, -0.15) is 4.37 Å². The molecule has 5 heteroatoms. The van der Waals surface area contributed by atoms with E-state index in [1.165, 1.54) is 7.11 Å². The van der Waals surface area contributed by atoms with Gasteiger partial charge in [0, 0.05) is 5.56 Å². The molecule has 0 bridgehead atoms. The molecule has 0 fully saturated rings. The minimum absolute atomic E-state index is 0.0915. The first-order valence-electron chi connectivity index (χ1n) is 4.29. The molecule has 0 atom stereocenters. The van der Waals surface area contributed by atoms with E-state index in [1.807, 2.05) is 30.3 Å². The van der Waals surface area contributed by atoms with Gasteiger partial charge in [-0.15, -0.1) is 4.37 Å². The third-order valence-corrected chi connectivity index (χ3v) is 2.42. The van der Waals surface area contributed by atoms with Gasteiger partial charge in [0.1, 0.15) is 5.69 Å². The van der Waals surface area contributed by atoms with Gasteiger partial charge < -0.3 is 4.74 Å². The first-order chi connectivity index (χ1) is 7.33. The minimum atomic E-state index is -0.276. The standard InChI is InChI=1S/C10H8N2O2S/c1-14-10-9(13)8(11-15-12-10)7-5-3-2-4-6-7/h2-6H,1H3. The molecule has 0 amide bonds. The second kappa shape index (κ2) is 4.18. The summed E-state index contributed by atoms with van der Waals surface area (Å²) in [6.45, 7) is 0. The van der Waals surface area contributed by atoms with Crippen LogP contribution in [0, 0.1) is 0 Å². The maximum Gasteiger partial charge on any atom is 0.276 e. The Morgan fingerprint density at radius 2 is 1.93 bits per heavy atom. The van der Waals surface area contributed by atoms with Crippen LogP contribution in [0.3, 0.4) is 0 Å². The number of hydrogen-bond acceptors (Lipinski definition) is 5. The zero-order valence-corrected chi connectivity index (χ0v) is 8.82. The molecule has 0 aliphatic carbocycles. The summed E-state index contributed by atoms with van der Waals surface area (Å²) in [6.07, 6.45) is 0. The fourth-order valence-electron chi connectivity index (χ4n) is 1.19. The molecule has 0 aliphatic heterocycles. The molecule has 0 radical (unpaired) electrons. The van der Waals surface area contributed by atoms with Crippen LogP contribution < -0.4 is 10.2 Å². The Morgan fingerprint density at radius 3 is 2.60 bits per heavy atom. The highest BCUT2D eigenvalue weighted by Crippen LogP contribution is 2.14. The number of methoxy groups -OCH3 is 1. The quantitative estimate of drug-likeness (QED) is 0.771. The minimum Gasteiger partial charge on any atom is -0.478 e. The van der Waals surface area contributed by atoms with Crippen LogP contribution in [-0.2, 0) is 0 Å². The van der Waals surface area contributed by atoms with Crippen LogP contribution in [0.15, 0.2) is 35.1 Å². The Bertz CT molecular complexity index is 510. The number of ether oxygens (including phenoxy) is 1. The van der Waals surface area contributed by atoms with E-state index in [0.29, 0.717) is 5.69 Å². The lowest BCUT2D eigenvalue weighted by Crippen LogP contribution is -2.10. The molecule has 0 spiro atoms. The maximum absolute atomic E-state index is 11.8. The first kappa shape index (κ1) is 9.79. The van der Waals surface area contributed by atoms with Crippen molar-refractivity contribution < 1.29 is 4.74 Å². The van der Waals surface area contributed by atoms with Gasteiger partial charge in [0.25, 0.3) is 11.3 Å².